The molecule has 1 aromatic carbocycles. The van der Waals surface area contributed by atoms with Gasteiger partial charge in [0.1, 0.15) is 0 Å². The van der Waals surface area contributed by atoms with Crippen molar-refractivity contribution in [3.8, 4) is 0 Å². The van der Waals surface area contributed by atoms with Gasteiger partial charge in [-0.2, -0.15) is 0 Å². The van der Waals surface area contributed by atoms with Crippen LogP contribution in [0.1, 0.15) is 58.1 Å². The molecule has 0 heterocycles. The smallest absolute Gasteiger partial charge is 0.00917 e. The van der Waals surface area contributed by atoms with Gasteiger partial charge in [-0.25, -0.2) is 0 Å². The minimum atomic E-state index is 0.329. The van der Waals surface area contributed by atoms with Gasteiger partial charge in [-0.15, -0.1) is 0 Å². The molecule has 0 unspecified atom stereocenters. The van der Waals surface area contributed by atoms with Gasteiger partial charge >= 0.3 is 0 Å². The van der Waals surface area contributed by atoms with E-state index in [0.717, 1.165) is 6.42 Å². The molecular formula is C22H30. The van der Waals surface area contributed by atoms with Crippen LogP contribution in [-0.2, 0) is 6.42 Å². The van der Waals surface area contributed by atoms with E-state index in [0.29, 0.717) is 5.41 Å². The van der Waals surface area contributed by atoms with Crippen LogP contribution in [0.3, 0.4) is 0 Å². The molecule has 0 fully saturated rings. The highest BCUT2D eigenvalue weighted by Gasteiger charge is 2.26. The van der Waals surface area contributed by atoms with Crippen molar-refractivity contribution >= 4 is 0 Å². The Morgan fingerprint density at radius 2 is 1.82 bits per heavy atom. The highest BCUT2D eigenvalue weighted by atomic mass is 14.3. The second kappa shape index (κ2) is 7.13. The highest BCUT2D eigenvalue weighted by Crippen LogP contribution is 2.40. The van der Waals surface area contributed by atoms with Crippen molar-refractivity contribution in [1.82, 2.24) is 0 Å². The average Bonchev–Trinajstić information content (AvgIpc) is 2.45. The molecule has 0 radical (unpaired) electrons. The summed E-state index contributed by atoms with van der Waals surface area (Å²) in [6.45, 7) is 11.4. The van der Waals surface area contributed by atoms with Gasteiger partial charge in [0.15, 0.2) is 0 Å². The summed E-state index contributed by atoms with van der Waals surface area (Å²) in [7, 11) is 0. The molecule has 0 bridgehead atoms. The van der Waals surface area contributed by atoms with Gasteiger partial charge in [0.2, 0.25) is 0 Å². The summed E-state index contributed by atoms with van der Waals surface area (Å²) in [5.74, 6) is 0. The van der Waals surface area contributed by atoms with E-state index >= 15 is 0 Å². The lowest BCUT2D eigenvalue weighted by molar-refractivity contribution is 0.377. The summed E-state index contributed by atoms with van der Waals surface area (Å²) in [6.07, 6.45) is 11.9. The molecule has 0 amide bonds. The molecule has 2 rings (SSSR count). The van der Waals surface area contributed by atoms with Crippen molar-refractivity contribution in [2.24, 2.45) is 5.41 Å². The zero-order valence-electron chi connectivity index (χ0n) is 14.9. The summed E-state index contributed by atoms with van der Waals surface area (Å²) in [5.41, 5.74) is 7.50. The molecule has 0 aromatic heterocycles. The minimum absolute atomic E-state index is 0.329. The largest absolute Gasteiger partial charge is 0.0772 e. The van der Waals surface area contributed by atoms with E-state index in [1.807, 2.05) is 0 Å². The van der Waals surface area contributed by atoms with Gasteiger partial charge < -0.3 is 0 Å². The van der Waals surface area contributed by atoms with Gasteiger partial charge in [0, 0.05) is 0 Å². The molecule has 0 nitrogen and oxygen atoms in total. The van der Waals surface area contributed by atoms with Crippen molar-refractivity contribution in [3.63, 3.8) is 0 Å². The van der Waals surface area contributed by atoms with E-state index in [-0.39, 0.29) is 0 Å². The first-order chi connectivity index (χ1) is 10.4. The van der Waals surface area contributed by atoms with E-state index < -0.39 is 0 Å². The molecule has 0 N–H and O–H groups in total. The van der Waals surface area contributed by atoms with Crippen molar-refractivity contribution in [2.45, 2.75) is 60.3 Å². The molecule has 0 spiro atoms. The second-order valence-electron chi connectivity index (χ2n) is 7.40. The third-order valence-electron chi connectivity index (χ3n) is 4.84. The molecule has 1 aliphatic rings. The van der Waals surface area contributed by atoms with Crippen LogP contribution in [0.4, 0.5) is 0 Å². The first-order valence-electron chi connectivity index (χ1n) is 8.49. The molecule has 1 aromatic rings. The van der Waals surface area contributed by atoms with Crippen LogP contribution in [0, 0.1) is 12.3 Å². The van der Waals surface area contributed by atoms with Gasteiger partial charge in [-0.05, 0) is 63.0 Å². The van der Waals surface area contributed by atoms with Crippen LogP contribution in [-0.4, -0.2) is 0 Å². The van der Waals surface area contributed by atoms with Crippen molar-refractivity contribution < 1.29 is 0 Å². The number of hydrogen-bond acceptors (Lipinski definition) is 0. The molecule has 0 saturated carbocycles. The molecule has 1 aliphatic carbocycles. The van der Waals surface area contributed by atoms with E-state index in [9.17, 15) is 0 Å². The summed E-state index contributed by atoms with van der Waals surface area (Å²) >= 11 is 0. The third-order valence-corrected chi connectivity index (χ3v) is 4.84. The predicted molar refractivity (Wildman–Crippen MR) is 98.1 cm³/mol. The van der Waals surface area contributed by atoms with Gasteiger partial charge in [-0.1, -0.05) is 73.1 Å². The number of aryl methyl sites for hydroxylation is 1. The first-order valence-corrected chi connectivity index (χ1v) is 8.49. The zero-order chi connectivity index (χ0) is 16.2. The maximum atomic E-state index is 2.38. The van der Waals surface area contributed by atoms with Crippen molar-refractivity contribution in [2.75, 3.05) is 0 Å². The quantitative estimate of drug-likeness (QED) is 0.551. The molecule has 0 atom stereocenters. The fourth-order valence-corrected chi connectivity index (χ4v) is 3.30. The topological polar surface area (TPSA) is 0 Å². The molecule has 118 valence electrons. The Labute approximate surface area is 136 Å². The Bertz CT molecular complexity index is 591. The summed E-state index contributed by atoms with van der Waals surface area (Å²) < 4.78 is 0. The van der Waals surface area contributed by atoms with Crippen LogP contribution in [0.2, 0.25) is 0 Å². The number of allylic oxidation sites excluding steroid dienone is 6. The summed E-state index contributed by atoms with van der Waals surface area (Å²) in [5, 5.41) is 0. The van der Waals surface area contributed by atoms with E-state index in [2.05, 4.69) is 77.1 Å². The Morgan fingerprint density at radius 1 is 1.14 bits per heavy atom. The summed E-state index contributed by atoms with van der Waals surface area (Å²) in [4.78, 5) is 0. The summed E-state index contributed by atoms with van der Waals surface area (Å²) in [6, 6.07) is 8.82. The maximum absolute atomic E-state index is 2.38. The van der Waals surface area contributed by atoms with Crippen LogP contribution in [0.15, 0.2) is 59.2 Å². The molecule has 22 heavy (non-hydrogen) atoms. The SMILES string of the molecule is CC(=CCc1ccc(C)cc1)/C=C/C1=C(C)CCCC1(C)C. The average molecular weight is 294 g/mol. The number of rotatable bonds is 4. The molecule has 0 heteroatoms. The fraction of sp³-hybridized carbons (Fsp3) is 0.455. The van der Waals surface area contributed by atoms with Crippen LogP contribution >= 0.6 is 0 Å². The third kappa shape index (κ3) is 4.47. The standard InChI is InChI=1S/C22H30/c1-17-8-12-20(13-9-17)14-10-18(2)11-15-21-19(3)7-6-16-22(21,4)5/h8-13,15H,6-7,14,16H2,1-5H3/b15-11+,18-10?. The Hall–Kier alpha value is -1.56. The lowest BCUT2D eigenvalue weighted by Gasteiger charge is -2.32. The Morgan fingerprint density at radius 3 is 2.45 bits per heavy atom. The normalized spacial score (nSPS) is 19.0. The lowest BCUT2D eigenvalue weighted by atomic mass is 9.72. The van der Waals surface area contributed by atoms with E-state index in [4.69, 9.17) is 0 Å². The van der Waals surface area contributed by atoms with Gasteiger partial charge in [0.05, 0.1) is 0 Å². The number of benzene rings is 1. The molecule has 0 saturated heterocycles. The van der Waals surface area contributed by atoms with Crippen LogP contribution < -0.4 is 0 Å². The van der Waals surface area contributed by atoms with Crippen molar-refractivity contribution in [1.29, 1.82) is 0 Å². The Balaban J connectivity index is 2.05. The zero-order valence-corrected chi connectivity index (χ0v) is 14.9. The van der Waals surface area contributed by atoms with Crippen LogP contribution in [0.25, 0.3) is 0 Å². The lowest BCUT2D eigenvalue weighted by Crippen LogP contribution is -2.19. The highest BCUT2D eigenvalue weighted by molar-refractivity contribution is 5.36. The van der Waals surface area contributed by atoms with Gasteiger partial charge in [-0.3, -0.25) is 0 Å². The Kier molecular flexibility index (Phi) is 5.45. The monoisotopic (exact) mass is 294 g/mol. The molecule has 0 aliphatic heterocycles. The van der Waals surface area contributed by atoms with Crippen LogP contribution in [0.5, 0.6) is 0 Å². The minimum Gasteiger partial charge on any atom is -0.0772 e. The van der Waals surface area contributed by atoms with E-state index in [1.165, 1.54) is 36.0 Å². The number of hydrogen-bond donors (Lipinski definition) is 0. The second-order valence-corrected chi connectivity index (χ2v) is 7.40. The van der Waals surface area contributed by atoms with E-state index in [1.54, 1.807) is 11.1 Å². The molecular weight excluding hydrogens is 264 g/mol. The predicted octanol–water partition coefficient (Wildman–Crippen LogP) is 6.57. The first kappa shape index (κ1) is 16.8. The fourth-order valence-electron chi connectivity index (χ4n) is 3.30. The van der Waals surface area contributed by atoms with Crippen molar-refractivity contribution in [3.05, 3.63) is 70.3 Å². The van der Waals surface area contributed by atoms with Gasteiger partial charge in [0.25, 0.3) is 0 Å². The maximum Gasteiger partial charge on any atom is -0.00917 e.